The van der Waals surface area contributed by atoms with Crippen molar-refractivity contribution in [1.29, 1.82) is 0 Å². The topological polar surface area (TPSA) is 43.1 Å². The molecule has 0 saturated heterocycles. The number of halogens is 1. The number of carbonyl (C=O) groups is 1. The first kappa shape index (κ1) is 17.5. The average Bonchev–Trinajstić information content (AvgIpc) is 2.51. The fourth-order valence-electron chi connectivity index (χ4n) is 1.82. The van der Waals surface area contributed by atoms with E-state index in [-0.39, 0.29) is 26.4 Å². The second kappa shape index (κ2) is 8.67. The van der Waals surface area contributed by atoms with Crippen molar-refractivity contribution < 1.29 is 4.79 Å². The van der Waals surface area contributed by atoms with E-state index in [0.717, 1.165) is 16.0 Å². The summed E-state index contributed by atoms with van der Waals surface area (Å²) < 4.78 is 0.0214. The Morgan fingerprint density at radius 2 is 1.95 bits per heavy atom. The van der Waals surface area contributed by atoms with E-state index in [1.54, 1.807) is 11.8 Å². The van der Waals surface area contributed by atoms with Crippen LogP contribution in [0.4, 0.5) is 0 Å². The van der Waals surface area contributed by atoms with Crippen molar-refractivity contribution in [2.24, 2.45) is 5.73 Å². The number of hydrogen-bond donors (Lipinski definition) is 1. The molecule has 2 N–H and O–H groups in total. The predicted octanol–water partition coefficient (Wildman–Crippen LogP) is 4.13. The van der Waals surface area contributed by atoms with Gasteiger partial charge in [-0.15, -0.1) is 0 Å². The molecule has 2 aromatic carbocycles. The summed E-state index contributed by atoms with van der Waals surface area (Å²) in [6, 6.07) is 16.5. The molecule has 1 amide bonds. The van der Waals surface area contributed by atoms with Gasteiger partial charge in [0, 0.05) is 0 Å². The van der Waals surface area contributed by atoms with Crippen molar-refractivity contribution in [3.05, 3.63) is 64.7 Å². The van der Waals surface area contributed by atoms with Gasteiger partial charge in [0.2, 0.25) is 0 Å². The summed E-state index contributed by atoms with van der Waals surface area (Å²) in [6.45, 7) is 1.91. The fraction of sp³-hybridized carbons (Fsp3) is 0.235. The molecule has 0 aliphatic carbocycles. The minimum absolute atomic E-state index is 0.0214. The van der Waals surface area contributed by atoms with Gasteiger partial charge in [0.05, 0.1) is 0 Å². The van der Waals surface area contributed by atoms with Gasteiger partial charge in [-0.05, 0) is 0 Å². The minimum atomic E-state index is -0.186. The zero-order chi connectivity index (χ0) is 15.9. The van der Waals surface area contributed by atoms with Crippen molar-refractivity contribution >= 4 is 45.0 Å². The molecule has 0 saturated carbocycles. The van der Waals surface area contributed by atoms with Crippen molar-refractivity contribution in [1.82, 2.24) is 0 Å². The number of nitrogens with two attached hydrogens (primary N) is 1. The maximum absolute atomic E-state index is 11.1. The first-order valence-corrected chi connectivity index (χ1v) is 10.7. The predicted molar refractivity (Wildman–Crippen MR) is 95.5 cm³/mol. The third kappa shape index (κ3) is 5.72. The number of rotatable bonds is 7. The van der Waals surface area contributed by atoms with Gasteiger partial charge in [0.25, 0.3) is 0 Å². The third-order valence-electron chi connectivity index (χ3n) is 3.18. The Balaban J connectivity index is 1.85. The Morgan fingerprint density at radius 3 is 2.59 bits per heavy atom. The molecular formula is C17H18AsClNOS. The molecule has 1 radical (unpaired) electrons. The molecule has 22 heavy (non-hydrogen) atoms. The molecular weight excluding hydrogens is 377 g/mol. The summed E-state index contributed by atoms with van der Waals surface area (Å²) in [5, 5.41) is 1.75. The van der Waals surface area contributed by atoms with Gasteiger partial charge in [0.1, 0.15) is 0 Å². The number of primary amides is 1. The summed E-state index contributed by atoms with van der Waals surface area (Å²) in [5.74, 6) is 0.721. The van der Waals surface area contributed by atoms with Crippen LogP contribution < -0.4 is 5.73 Å². The molecule has 0 aliphatic rings. The molecule has 2 aromatic rings. The number of benzene rings is 2. The second-order valence-electron chi connectivity index (χ2n) is 4.98. The van der Waals surface area contributed by atoms with Gasteiger partial charge in [-0.25, -0.2) is 0 Å². The Hall–Kier alpha value is -0.892. The van der Waals surface area contributed by atoms with E-state index in [4.69, 9.17) is 17.3 Å². The van der Waals surface area contributed by atoms with Gasteiger partial charge in [-0.1, -0.05) is 0 Å². The Morgan fingerprint density at radius 1 is 1.23 bits per heavy atom. The quantitative estimate of drug-likeness (QED) is 0.567. The molecule has 1 atom stereocenters. The molecule has 0 aromatic heterocycles. The molecule has 2 rings (SSSR count). The van der Waals surface area contributed by atoms with Crippen LogP contribution in [-0.4, -0.2) is 21.7 Å². The zero-order valence-electron chi connectivity index (χ0n) is 12.3. The van der Waals surface area contributed by atoms with Gasteiger partial charge in [0.15, 0.2) is 0 Å². The van der Waals surface area contributed by atoms with E-state index < -0.39 is 0 Å². The van der Waals surface area contributed by atoms with Gasteiger partial charge < -0.3 is 0 Å². The van der Waals surface area contributed by atoms with Gasteiger partial charge in [-0.3, -0.25) is 0 Å². The van der Waals surface area contributed by atoms with Crippen LogP contribution in [0.3, 0.4) is 0 Å². The van der Waals surface area contributed by atoms with E-state index in [1.807, 2.05) is 25.1 Å². The van der Waals surface area contributed by atoms with Crippen LogP contribution in [0.5, 0.6) is 0 Å². The first-order chi connectivity index (χ1) is 10.5. The van der Waals surface area contributed by atoms with E-state index >= 15 is 0 Å². The van der Waals surface area contributed by atoms with Crippen molar-refractivity contribution in [3.8, 4) is 0 Å². The third-order valence-corrected chi connectivity index (χ3v) is 7.33. The van der Waals surface area contributed by atoms with Crippen LogP contribution in [0, 0.1) is 0 Å². The number of hydrogen-bond acceptors (Lipinski definition) is 2. The summed E-state index contributed by atoms with van der Waals surface area (Å²) in [4.78, 5) is 12.3. The monoisotopic (exact) mass is 394 g/mol. The molecule has 0 heterocycles. The number of carbonyl (C=O) groups excluding carboxylic acids is 1. The summed E-state index contributed by atoms with van der Waals surface area (Å²) >= 11 is 7.72. The molecule has 0 spiro atoms. The Labute approximate surface area is 147 Å². The van der Waals surface area contributed by atoms with Crippen LogP contribution in [0.15, 0.2) is 53.4 Å². The molecule has 2 nitrogen and oxygen atoms in total. The SMILES string of the molecule is CC([As]Cc1ccc(SCc2cccc(Cl)c2)cc1)C(N)=O. The zero-order valence-corrected chi connectivity index (χ0v) is 15.8. The van der Waals surface area contributed by atoms with E-state index in [0.29, 0.717) is 0 Å². The maximum atomic E-state index is 11.1. The van der Waals surface area contributed by atoms with Crippen molar-refractivity contribution in [2.75, 3.05) is 0 Å². The van der Waals surface area contributed by atoms with Crippen LogP contribution >= 0.6 is 23.4 Å². The standard InChI is InChI=1S/C17H18AsClNOS/c1-12(17(20)21)18-10-13-5-7-16(8-6-13)22-11-14-3-2-4-15(19)9-14/h2-9,12H,10-11H2,1H3,(H2,20,21). The molecule has 1 unspecified atom stereocenters. The summed E-state index contributed by atoms with van der Waals surface area (Å²) in [7, 11) is 0. The van der Waals surface area contributed by atoms with Crippen LogP contribution in [0.1, 0.15) is 18.1 Å². The average molecular weight is 395 g/mol. The number of thioether (sulfide) groups is 1. The van der Waals surface area contributed by atoms with Crippen molar-refractivity contribution in [3.63, 3.8) is 0 Å². The van der Waals surface area contributed by atoms with E-state index in [9.17, 15) is 4.79 Å². The van der Waals surface area contributed by atoms with Gasteiger partial charge >= 0.3 is 148 Å². The molecule has 0 bridgehead atoms. The van der Waals surface area contributed by atoms with Crippen LogP contribution in [-0.2, 0) is 15.8 Å². The van der Waals surface area contributed by atoms with E-state index in [1.165, 1.54) is 16.0 Å². The summed E-state index contributed by atoms with van der Waals surface area (Å²) in [5.41, 5.74) is 7.80. The normalized spacial score (nSPS) is 12.6. The van der Waals surface area contributed by atoms with Crippen molar-refractivity contribution in [2.45, 2.75) is 27.5 Å². The molecule has 0 aliphatic heterocycles. The Kier molecular flexibility index (Phi) is 6.88. The molecule has 5 heteroatoms. The molecule has 0 fully saturated rings. The first-order valence-electron chi connectivity index (χ1n) is 6.96. The Bertz CT molecular complexity index is 633. The van der Waals surface area contributed by atoms with Gasteiger partial charge in [-0.2, -0.15) is 0 Å². The fourth-order valence-corrected chi connectivity index (χ4v) is 4.71. The second-order valence-corrected chi connectivity index (χ2v) is 9.52. The van der Waals surface area contributed by atoms with E-state index in [2.05, 4.69) is 30.3 Å². The number of amides is 1. The summed E-state index contributed by atoms with van der Waals surface area (Å²) in [6.07, 6.45) is 0. The molecule has 115 valence electrons. The van der Waals surface area contributed by atoms with Crippen LogP contribution in [0.2, 0.25) is 9.73 Å². The van der Waals surface area contributed by atoms with Crippen LogP contribution in [0.25, 0.3) is 0 Å².